The predicted molar refractivity (Wildman–Crippen MR) is 102 cm³/mol. The molecule has 1 aromatic carbocycles. The zero-order valence-corrected chi connectivity index (χ0v) is 14.9. The monoisotopic (exact) mass is 347 g/mol. The maximum absolute atomic E-state index is 12.7. The summed E-state index contributed by atoms with van der Waals surface area (Å²) in [6, 6.07) is 13.1. The Bertz CT molecular complexity index is 811. The number of anilines is 1. The van der Waals surface area contributed by atoms with E-state index in [1.807, 2.05) is 12.3 Å². The molecule has 26 heavy (non-hydrogen) atoms. The van der Waals surface area contributed by atoms with Crippen molar-refractivity contribution < 1.29 is 4.79 Å². The van der Waals surface area contributed by atoms with Crippen LogP contribution in [-0.2, 0) is 10.2 Å². The normalized spacial score (nSPS) is 31.9. The van der Waals surface area contributed by atoms with Crippen LogP contribution in [0.4, 0.5) is 5.69 Å². The molecule has 1 aliphatic heterocycles. The number of carbonyl (C=O) groups excluding carboxylic acids is 1. The predicted octanol–water partition coefficient (Wildman–Crippen LogP) is 3.61. The van der Waals surface area contributed by atoms with Crippen LogP contribution in [0.3, 0.4) is 0 Å². The molecule has 2 fully saturated rings. The van der Waals surface area contributed by atoms with Gasteiger partial charge in [-0.25, -0.2) is 0 Å². The average molecular weight is 347 g/mol. The van der Waals surface area contributed by atoms with Crippen LogP contribution in [0, 0.1) is 5.92 Å². The van der Waals surface area contributed by atoms with Gasteiger partial charge in [0.2, 0.25) is 5.91 Å². The molecule has 2 aromatic rings. The third-order valence-electron chi connectivity index (χ3n) is 6.66. The molecule has 2 unspecified atom stereocenters. The van der Waals surface area contributed by atoms with Crippen LogP contribution in [0.15, 0.2) is 48.8 Å². The van der Waals surface area contributed by atoms with E-state index in [-0.39, 0.29) is 17.2 Å². The molecule has 2 atom stereocenters. The molecule has 3 aliphatic rings. The molecule has 0 radical (unpaired) electrons. The summed E-state index contributed by atoms with van der Waals surface area (Å²) in [7, 11) is 0. The molecular weight excluding hydrogens is 322 g/mol. The van der Waals surface area contributed by atoms with Gasteiger partial charge in [0.1, 0.15) is 0 Å². The fourth-order valence-corrected chi connectivity index (χ4v) is 4.96. The van der Waals surface area contributed by atoms with Gasteiger partial charge in [0, 0.05) is 47.9 Å². The maximum Gasteiger partial charge on any atom is 0.223 e. The summed E-state index contributed by atoms with van der Waals surface area (Å²) in [5, 5.41) is 6.85. The number of hydrogen-bond acceptors (Lipinski definition) is 3. The number of nitrogens with zero attached hydrogens (tertiary/aromatic N) is 1. The SMILES string of the molecule is O=C(NC1CC1c1cccnc1)C1CCC2(CC1)CNc1ccccc12. The van der Waals surface area contributed by atoms with Gasteiger partial charge in [-0.15, -0.1) is 0 Å². The lowest BCUT2D eigenvalue weighted by Crippen LogP contribution is -2.40. The Morgan fingerprint density at radius 2 is 2.00 bits per heavy atom. The zero-order valence-electron chi connectivity index (χ0n) is 14.9. The quantitative estimate of drug-likeness (QED) is 0.892. The number of aromatic nitrogens is 1. The molecule has 1 amide bonds. The van der Waals surface area contributed by atoms with Gasteiger partial charge in [-0.1, -0.05) is 24.3 Å². The molecule has 2 saturated carbocycles. The van der Waals surface area contributed by atoms with E-state index in [0.717, 1.165) is 38.6 Å². The summed E-state index contributed by atoms with van der Waals surface area (Å²) in [5.74, 6) is 0.882. The molecule has 1 aromatic heterocycles. The van der Waals surface area contributed by atoms with Gasteiger partial charge in [-0.3, -0.25) is 9.78 Å². The van der Waals surface area contributed by atoms with Crippen molar-refractivity contribution in [3.05, 3.63) is 59.9 Å². The zero-order chi connectivity index (χ0) is 17.6. The van der Waals surface area contributed by atoms with Gasteiger partial charge in [0.15, 0.2) is 0 Å². The fourth-order valence-electron chi connectivity index (χ4n) is 4.96. The van der Waals surface area contributed by atoms with E-state index >= 15 is 0 Å². The van der Waals surface area contributed by atoms with Crippen molar-refractivity contribution in [2.45, 2.75) is 49.5 Å². The van der Waals surface area contributed by atoms with E-state index < -0.39 is 0 Å². The van der Waals surface area contributed by atoms with Crippen molar-refractivity contribution >= 4 is 11.6 Å². The van der Waals surface area contributed by atoms with Gasteiger partial charge < -0.3 is 10.6 Å². The second kappa shape index (κ2) is 6.11. The number of amides is 1. The summed E-state index contributed by atoms with van der Waals surface area (Å²) in [6.45, 7) is 1.02. The van der Waals surface area contributed by atoms with Gasteiger partial charge >= 0.3 is 0 Å². The van der Waals surface area contributed by atoms with Crippen LogP contribution in [0.2, 0.25) is 0 Å². The number of nitrogens with one attached hydrogen (secondary N) is 2. The van der Waals surface area contributed by atoms with E-state index in [4.69, 9.17) is 0 Å². The number of rotatable bonds is 3. The molecule has 4 nitrogen and oxygen atoms in total. The molecule has 0 saturated heterocycles. The van der Waals surface area contributed by atoms with E-state index in [1.165, 1.54) is 16.8 Å². The lowest BCUT2D eigenvalue weighted by atomic mass is 9.67. The van der Waals surface area contributed by atoms with Crippen molar-refractivity contribution in [1.82, 2.24) is 10.3 Å². The number of carbonyl (C=O) groups is 1. The summed E-state index contributed by atoms with van der Waals surface area (Å²) in [4.78, 5) is 16.9. The molecule has 2 N–H and O–H groups in total. The summed E-state index contributed by atoms with van der Waals surface area (Å²) < 4.78 is 0. The minimum Gasteiger partial charge on any atom is -0.384 e. The highest BCUT2D eigenvalue weighted by molar-refractivity contribution is 5.79. The largest absolute Gasteiger partial charge is 0.384 e. The van der Waals surface area contributed by atoms with Crippen LogP contribution in [0.1, 0.15) is 49.1 Å². The summed E-state index contributed by atoms with van der Waals surface area (Å²) >= 11 is 0. The minimum atomic E-state index is 0.170. The standard InChI is InChI=1S/C22H25N3O/c26-21(25-20-12-17(20)16-4-3-11-23-13-16)15-7-9-22(10-8-15)14-24-19-6-2-1-5-18(19)22/h1-6,11,13,15,17,20,24H,7-10,12,14H2,(H,25,26). The smallest absolute Gasteiger partial charge is 0.223 e. The Labute approximate surface area is 154 Å². The van der Waals surface area contributed by atoms with Gasteiger partial charge in [-0.05, 0) is 55.4 Å². The van der Waals surface area contributed by atoms with Gasteiger partial charge in [0.25, 0.3) is 0 Å². The van der Waals surface area contributed by atoms with Crippen LogP contribution < -0.4 is 10.6 Å². The van der Waals surface area contributed by atoms with Crippen molar-refractivity contribution in [2.75, 3.05) is 11.9 Å². The Morgan fingerprint density at radius 3 is 2.81 bits per heavy atom. The highest BCUT2D eigenvalue weighted by Gasteiger charge is 2.45. The number of para-hydroxylation sites is 1. The lowest BCUT2D eigenvalue weighted by Gasteiger charge is -2.36. The number of benzene rings is 1. The molecule has 2 aliphatic carbocycles. The Hall–Kier alpha value is -2.36. The van der Waals surface area contributed by atoms with Gasteiger partial charge in [-0.2, -0.15) is 0 Å². The van der Waals surface area contributed by atoms with Crippen molar-refractivity contribution in [2.24, 2.45) is 5.92 Å². The second-order valence-corrected chi connectivity index (χ2v) is 8.20. The highest BCUT2D eigenvalue weighted by atomic mass is 16.2. The molecule has 5 rings (SSSR count). The van der Waals surface area contributed by atoms with Crippen molar-refractivity contribution in [3.63, 3.8) is 0 Å². The molecular formula is C22H25N3O. The highest BCUT2D eigenvalue weighted by Crippen LogP contribution is 2.48. The molecule has 1 spiro atoms. The van der Waals surface area contributed by atoms with E-state index in [1.54, 1.807) is 6.20 Å². The topological polar surface area (TPSA) is 54.0 Å². The number of fused-ring (bicyclic) bond motifs is 2. The molecule has 0 bridgehead atoms. The number of pyridine rings is 1. The maximum atomic E-state index is 12.7. The van der Waals surface area contributed by atoms with Crippen LogP contribution in [0.25, 0.3) is 0 Å². The van der Waals surface area contributed by atoms with Gasteiger partial charge in [0.05, 0.1) is 0 Å². The first-order valence-electron chi connectivity index (χ1n) is 9.79. The Balaban J connectivity index is 1.19. The Morgan fingerprint density at radius 1 is 1.15 bits per heavy atom. The van der Waals surface area contributed by atoms with Crippen LogP contribution >= 0.6 is 0 Å². The fraction of sp³-hybridized carbons (Fsp3) is 0.455. The van der Waals surface area contributed by atoms with E-state index in [9.17, 15) is 4.79 Å². The van der Waals surface area contributed by atoms with E-state index in [2.05, 4.69) is 45.9 Å². The van der Waals surface area contributed by atoms with Crippen molar-refractivity contribution in [1.29, 1.82) is 0 Å². The summed E-state index contributed by atoms with van der Waals surface area (Å²) in [5.41, 5.74) is 4.23. The van der Waals surface area contributed by atoms with Crippen LogP contribution in [-0.4, -0.2) is 23.5 Å². The Kier molecular flexibility index (Phi) is 3.73. The first kappa shape index (κ1) is 15.9. The second-order valence-electron chi connectivity index (χ2n) is 8.20. The summed E-state index contributed by atoms with van der Waals surface area (Å²) in [6.07, 6.45) is 8.96. The molecule has 4 heteroatoms. The first-order valence-corrected chi connectivity index (χ1v) is 9.79. The number of hydrogen-bond donors (Lipinski definition) is 2. The van der Waals surface area contributed by atoms with Crippen molar-refractivity contribution in [3.8, 4) is 0 Å². The molecule has 134 valence electrons. The van der Waals surface area contributed by atoms with E-state index in [0.29, 0.717) is 12.0 Å². The van der Waals surface area contributed by atoms with Crippen LogP contribution in [0.5, 0.6) is 0 Å². The third-order valence-corrected chi connectivity index (χ3v) is 6.66. The first-order chi connectivity index (χ1) is 12.8. The molecule has 2 heterocycles. The lowest BCUT2D eigenvalue weighted by molar-refractivity contribution is -0.126. The average Bonchev–Trinajstić information content (AvgIpc) is 3.38. The minimum absolute atomic E-state index is 0.170. The third kappa shape index (κ3) is 2.68.